The quantitative estimate of drug-likeness (QED) is 0.822. The van der Waals surface area contributed by atoms with Gasteiger partial charge in [0.25, 0.3) is 0 Å². The Morgan fingerprint density at radius 3 is 2.32 bits per heavy atom. The van der Waals surface area contributed by atoms with Gasteiger partial charge >= 0.3 is 0 Å². The molecule has 3 nitrogen and oxygen atoms in total. The zero-order chi connectivity index (χ0) is 13.1. The lowest BCUT2D eigenvalue weighted by molar-refractivity contribution is -0.0441. The van der Waals surface area contributed by atoms with Crippen LogP contribution in [0, 0.1) is 11.3 Å². The van der Waals surface area contributed by atoms with E-state index in [1.54, 1.807) is 0 Å². The third kappa shape index (κ3) is 2.37. The highest BCUT2D eigenvalue weighted by Crippen LogP contribution is 2.27. The fourth-order valence-electron chi connectivity index (χ4n) is 2.20. The summed E-state index contributed by atoms with van der Waals surface area (Å²) in [5.74, 6) is 0. The zero-order valence-corrected chi connectivity index (χ0v) is 10.4. The molecule has 0 N–H and O–H groups in total. The van der Waals surface area contributed by atoms with Gasteiger partial charge in [-0.15, -0.1) is 0 Å². The van der Waals surface area contributed by atoms with E-state index in [2.05, 4.69) is 6.07 Å². The van der Waals surface area contributed by atoms with Crippen molar-refractivity contribution < 1.29 is 9.47 Å². The van der Waals surface area contributed by atoms with Gasteiger partial charge in [0.15, 0.2) is 6.29 Å². The van der Waals surface area contributed by atoms with Crippen molar-refractivity contribution in [1.82, 2.24) is 0 Å². The molecule has 19 heavy (non-hydrogen) atoms. The summed E-state index contributed by atoms with van der Waals surface area (Å²) in [7, 11) is 0. The molecule has 94 valence electrons. The van der Waals surface area contributed by atoms with Gasteiger partial charge in [-0.3, -0.25) is 0 Å². The molecule has 1 fully saturated rings. The molecule has 3 heteroatoms. The van der Waals surface area contributed by atoms with E-state index in [0.29, 0.717) is 18.8 Å². The van der Waals surface area contributed by atoms with Gasteiger partial charge < -0.3 is 9.47 Å². The molecule has 1 saturated heterocycles. The first-order valence-electron chi connectivity index (χ1n) is 6.21. The minimum atomic E-state index is -0.250. The SMILES string of the molecule is N#Cc1ccccc1-c1ccc(C2OCCO2)cc1. The van der Waals surface area contributed by atoms with Crippen LogP contribution in [0.5, 0.6) is 0 Å². The Bertz CT molecular complexity index is 607. The third-order valence-electron chi connectivity index (χ3n) is 3.16. The average molecular weight is 251 g/mol. The first-order valence-corrected chi connectivity index (χ1v) is 6.21. The van der Waals surface area contributed by atoms with Crippen molar-refractivity contribution in [3.8, 4) is 17.2 Å². The van der Waals surface area contributed by atoms with Crippen LogP contribution in [-0.2, 0) is 9.47 Å². The first kappa shape index (κ1) is 11.9. The highest BCUT2D eigenvalue weighted by Gasteiger charge is 2.17. The predicted octanol–water partition coefficient (Wildman–Crippen LogP) is 3.27. The summed E-state index contributed by atoms with van der Waals surface area (Å²) in [5, 5.41) is 9.12. The molecule has 1 aliphatic heterocycles. The van der Waals surface area contributed by atoms with Crippen molar-refractivity contribution in [2.45, 2.75) is 6.29 Å². The normalized spacial score (nSPS) is 15.3. The summed E-state index contributed by atoms with van der Waals surface area (Å²) < 4.78 is 10.9. The summed E-state index contributed by atoms with van der Waals surface area (Å²) in [4.78, 5) is 0. The van der Waals surface area contributed by atoms with E-state index in [-0.39, 0.29) is 6.29 Å². The summed E-state index contributed by atoms with van der Waals surface area (Å²) in [5.41, 5.74) is 3.67. The molecule has 0 aliphatic carbocycles. The smallest absolute Gasteiger partial charge is 0.184 e. The molecule has 1 heterocycles. The standard InChI is InChI=1S/C16H13NO2/c17-11-14-3-1-2-4-15(14)12-5-7-13(8-6-12)16-18-9-10-19-16/h1-8,16H,9-10H2. The summed E-state index contributed by atoms with van der Waals surface area (Å²) in [6, 6.07) is 17.8. The van der Waals surface area contributed by atoms with Crippen LogP contribution in [0.3, 0.4) is 0 Å². The van der Waals surface area contributed by atoms with Crippen molar-refractivity contribution in [1.29, 1.82) is 5.26 Å². The van der Waals surface area contributed by atoms with Gasteiger partial charge in [0.2, 0.25) is 0 Å². The van der Waals surface area contributed by atoms with Crippen LogP contribution in [-0.4, -0.2) is 13.2 Å². The lowest BCUT2D eigenvalue weighted by atomic mass is 9.99. The fraction of sp³-hybridized carbons (Fsp3) is 0.188. The lowest BCUT2D eigenvalue weighted by Crippen LogP contribution is -1.97. The van der Waals surface area contributed by atoms with E-state index in [1.165, 1.54) is 0 Å². The highest BCUT2D eigenvalue weighted by atomic mass is 16.7. The molecule has 3 rings (SSSR count). The maximum Gasteiger partial charge on any atom is 0.184 e. The molecule has 0 aromatic heterocycles. The number of nitrogens with zero attached hydrogens (tertiary/aromatic N) is 1. The molecule has 0 saturated carbocycles. The van der Waals surface area contributed by atoms with Gasteiger partial charge in [0.05, 0.1) is 24.8 Å². The summed E-state index contributed by atoms with van der Waals surface area (Å²) >= 11 is 0. The number of benzene rings is 2. The van der Waals surface area contributed by atoms with Crippen molar-refractivity contribution in [2.24, 2.45) is 0 Å². The van der Waals surface area contributed by atoms with Gasteiger partial charge in [-0.2, -0.15) is 5.26 Å². The molecule has 0 bridgehead atoms. The van der Waals surface area contributed by atoms with E-state index in [4.69, 9.17) is 14.7 Å². The fourth-order valence-corrected chi connectivity index (χ4v) is 2.20. The second kappa shape index (κ2) is 5.23. The minimum absolute atomic E-state index is 0.250. The van der Waals surface area contributed by atoms with Gasteiger partial charge in [-0.1, -0.05) is 42.5 Å². The highest BCUT2D eigenvalue weighted by molar-refractivity contribution is 5.70. The van der Waals surface area contributed by atoms with Gasteiger partial charge in [-0.25, -0.2) is 0 Å². The Labute approximate surface area is 112 Å². The summed E-state index contributed by atoms with van der Waals surface area (Å²) in [6.07, 6.45) is -0.250. The van der Waals surface area contributed by atoms with Crippen molar-refractivity contribution in [3.63, 3.8) is 0 Å². The molecular weight excluding hydrogens is 238 g/mol. The summed E-state index contributed by atoms with van der Waals surface area (Å²) in [6.45, 7) is 1.29. The van der Waals surface area contributed by atoms with E-state index in [1.807, 2.05) is 48.5 Å². The van der Waals surface area contributed by atoms with Crippen molar-refractivity contribution in [3.05, 3.63) is 59.7 Å². The monoisotopic (exact) mass is 251 g/mol. The Morgan fingerprint density at radius 2 is 1.63 bits per heavy atom. The molecule has 0 radical (unpaired) electrons. The van der Waals surface area contributed by atoms with Gasteiger partial charge in [0.1, 0.15) is 0 Å². The van der Waals surface area contributed by atoms with Crippen LogP contribution in [0.1, 0.15) is 17.4 Å². The number of hydrogen-bond donors (Lipinski definition) is 0. The number of rotatable bonds is 2. The Morgan fingerprint density at radius 1 is 0.947 bits per heavy atom. The first-order chi connectivity index (χ1) is 9.38. The molecular formula is C16H13NO2. The number of hydrogen-bond acceptors (Lipinski definition) is 3. The van der Waals surface area contributed by atoms with E-state index in [0.717, 1.165) is 16.7 Å². The van der Waals surface area contributed by atoms with Crippen LogP contribution in [0.2, 0.25) is 0 Å². The third-order valence-corrected chi connectivity index (χ3v) is 3.16. The van der Waals surface area contributed by atoms with Crippen LogP contribution in [0.4, 0.5) is 0 Å². The lowest BCUT2D eigenvalue weighted by Gasteiger charge is -2.10. The maximum absolute atomic E-state index is 9.12. The van der Waals surface area contributed by atoms with Crippen molar-refractivity contribution in [2.75, 3.05) is 13.2 Å². The average Bonchev–Trinajstić information content (AvgIpc) is 3.02. The second-order valence-electron chi connectivity index (χ2n) is 4.35. The van der Waals surface area contributed by atoms with Gasteiger partial charge in [0, 0.05) is 5.56 Å². The predicted molar refractivity (Wildman–Crippen MR) is 71.2 cm³/mol. The molecule has 0 unspecified atom stereocenters. The van der Waals surface area contributed by atoms with E-state index in [9.17, 15) is 0 Å². The number of nitriles is 1. The maximum atomic E-state index is 9.12. The van der Waals surface area contributed by atoms with E-state index >= 15 is 0 Å². The molecule has 0 spiro atoms. The largest absolute Gasteiger partial charge is 0.346 e. The van der Waals surface area contributed by atoms with Crippen LogP contribution < -0.4 is 0 Å². The topological polar surface area (TPSA) is 42.2 Å². The van der Waals surface area contributed by atoms with E-state index < -0.39 is 0 Å². The second-order valence-corrected chi connectivity index (χ2v) is 4.35. The zero-order valence-electron chi connectivity index (χ0n) is 10.4. The molecule has 1 aliphatic rings. The molecule has 2 aromatic rings. The molecule has 0 atom stereocenters. The molecule has 0 amide bonds. The van der Waals surface area contributed by atoms with Crippen LogP contribution in [0.15, 0.2) is 48.5 Å². The Balaban J connectivity index is 1.92. The number of ether oxygens (including phenoxy) is 2. The molecule has 2 aromatic carbocycles. The minimum Gasteiger partial charge on any atom is -0.346 e. The van der Waals surface area contributed by atoms with Gasteiger partial charge in [-0.05, 0) is 17.2 Å². The van der Waals surface area contributed by atoms with Crippen LogP contribution >= 0.6 is 0 Å². The van der Waals surface area contributed by atoms with Crippen molar-refractivity contribution >= 4 is 0 Å². The van der Waals surface area contributed by atoms with Crippen LogP contribution in [0.25, 0.3) is 11.1 Å². The Kier molecular flexibility index (Phi) is 3.28. The Hall–Kier alpha value is -2.15.